The Morgan fingerprint density at radius 1 is 1.25 bits per heavy atom. The fraction of sp³-hybridized carbons (Fsp3) is 0.667. The Kier molecular flexibility index (Phi) is 4.77. The molecule has 0 aliphatic carbocycles. The number of carbonyl (C=O) groups excluding carboxylic acids is 2. The van der Waals surface area contributed by atoms with Crippen molar-refractivity contribution in [1.82, 2.24) is 0 Å². The highest BCUT2D eigenvalue weighted by molar-refractivity contribution is 9.25. The quantitative estimate of drug-likeness (QED) is 0.581. The molecule has 0 radical (unpaired) electrons. The van der Waals surface area contributed by atoms with Crippen LogP contribution in [0, 0.1) is 0 Å². The standard InChI is InChI=1S/C6H8Br2O4/c1-11-4(9)3-6(7,8)5(10)12-2/h3H2,1-2H3. The van der Waals surface area contributed by atoms with Crippen molar-refractivity contribution in [3.8, 4) is 0 Å². The second-order valence-electron chi connectivity index (χ2n) is 1.95. The van der Waals surface area contributed by atoms with Gasteiger partial charge in [-0.3, -0.25) is 4.79 Å². The van der Waals surface area contributed by atoms with Crippen LogP contribution in [0.2, 0.25) is 0 Å². The first-order valence-corrected chi connectivity index (χ1v) is 4.55. The van der Waals surface area contributed by atoms with Crippen molar-refractivity contribution in [2.75, 3.05) is 14.2 Å². The summed E-state index contributed by atoms with van der Waals surface area (Å²) in [4.78, 5) is 21.7. The lowest BCUT2D eigenvalue weighted by molar-refractivity contribution is -0.147. The molecule has 6 heteroatoms. The third kappa shape index (κ3) is 3.53. The van der Waals surface area contributed by atoms with Crippen LogP contribution in [0.3, 0.4) is 0 Å². The first-order valence-electron chi connectivity index (χ1n) is 2.97. The average molecular weight is 304 g/mol. The topological polar surface area (TPSA) is 52.6 Å². The molecular weight excluding hydrogens is 296 g/mol. The Bertz CT molecular complexity index is 190. The van der Waals surface area contributed by atoms with E-state index in [0.29, 0.717) is 0 Å². The van der Waals surface area contributed by atoms with Gasteiger partial charge in [-0.1, -0.05) is 31.9 Å². The monoisotopic (exact) mass is 302 g/mol. The average Bonchev–Trinajstić information content (AvgIpc) is 2.02. The number of carbonyl (C=O) groups is 2. The Labute approximate surface area is 86.8 Å². The normalized spacial score (nSPS) is 10.7. The van der Waals surface area contributed by atoms with E-state index in [1.807, 2.05) is 0 Å². The molecular formula is C6H8Br2O4. The number of esters is 2. The van der Waals surface area contributed by atoms with E-state index in [1.54, 1.807) is 0 Å². The molecule has 0 rings (SSSR count). The summed E-state index contributed by atoms with van der Waals surface area (Å²) >= 11 is 5.98. The maximum Gasteiger partial charge on any atom is 0.334 e. The van der Waals surface area contributed by atoms with E-state index in [-0.39, 0.29) is 6.42 Å². The molecule has 70 valence electrons. The van der Waals surface area contributed by atoms with Crippen molar-refractivity contribution in [3.05, 3.63) is 0 Å². The van der Waals surface area contributed by atoms with Gasteiger partial charge in [0.15, 0.2) is 3.23 Å². The number of hydrogen-bond acceptors (Lipinski definition) is 4. The van der Waals surface area contributed by atoms with Gasteiger partial charge in [-0.2, -0.15) is 0 Å². The van der Waals surface area contributed by atoms with Crippen LogP contribution < -0.4 is 0 Å². The van der Waals surface area contributed by atoms with Gasteiger partial charge in [0.25, 0.3) is 0 Å². The molecule has 4 nitrogen and oxygen atoms in total. The lowest BCUT2D eigenvalue weighted by atomic mass is 10.3. The minimum Gasteiger partial charge on any atom is -0.469 e. The Balaban J connectivity index is 4.21. The number of rotatable bonds is 3. The lowest BCUT2D eigenvalue weighted by Crippen LogP contribution is -2.29. The maximum absolute atomic E-state index is 11.0. The molecule has 0 aliphatic heterocycles. The van der Waals surface area contributed by atoms with E-state index < -0.39 is 15.2 Å². The highest BCUT2D eigenvalue weighted by atomic mass is 79.9. The lowest BCUT2D eigenvalue weighted by Gasteiger charge is -2.15. The van der Waals surface area contributed by atoms with Gasteiger partial charge in [-0.15, -0.1) is 0 Å². The number of alkyl halides is 2. The molecule has 0 saturated carbocycles. The summed E-state index contributed by atoms with van der Waals surface area (Å²) in [6.45, 7) is 0. The number of halogens is 2. The molecule has 0 fully saturated rings. The molecule has 0 aliphatic rings. The molecule has 0 unspecified atom stereocenters. The Morgan fingerprint density at radius 3 is 2.08 bits per heavy atom. The van der Waals surface area contributed by atoms with E-state index in [4.69, 9.17) is 0 Å². The summed E-state index contributed by atoms with van der Waals surface area (Å²) in [5, 5.41) is 0. The van der Waals surface area contributed by atoms with Crippen molar-refractivity contribution < 1.29 is 19.1 Å². The fourth-order valence-corrected chi connectivity index (χ4v) is 1.26. The summed E-state index contributed by atoms with van der Waals surface area (Å²) in [6, 6.07) is 0. The second kappa shape index (κ2) is 4.81. The van der Waals surface area contributed by atoms with E-state index in [9.17, 15) is 9.59 Å². The number of methoxy groups -OCH3 is 2. The largest absolute Gasteiger partial charge is 0.469 e. The third-order valence-corrected chi connectivity index (χ3v) is 2.29. The van der Waals surface area contributed by atoms with Crippen LogP contribution in [0.25, 0.3) is 0 Å². The molecule has 0 aromatic rings. The Hall–Kier alpha value is -0.100. The van der Waals surface area contributed by atoms with Crippen LogP contribution in [-0.2, 0) is 19.1 Å². The summed E-state index contributed by atoms with van der Waals surface area (Å²) in [5.74, 6) is -1.08. The second-order valence-corrected chi connectivity index (χ2v) is 5.72. The van der Waals surface area contributed by atoms with E-state index in [0.717, 1.165) is 0 Å². The van der Waals surface area contributed by atoms with Crippen molar-refractivity contribution in [2.24, 2.45) is 0 Å². The molecule has 0 aromatic heterocycles. The zero-order valence-electron chi connectivity index (χ0n) is 6.60. The molecule has 0 atom stereocenters. The SMILES string of the molecule is COC(=O)CC(Br)(Br)C(=O)OC. The summed E-state index contributed by atoms with van der Waals surface area (Å²) in [5.41, 5.74) is 0. The van der Waals surface area contributed by atoms with Gasteiger partial charge in [-0.05, 0) is 0 Å². The minimum atomic E-state index is -1.18. The van der Waals surface area contributed by atoms with E-state index in [2.05, 4.69) is 41.3 Å². The van der Waals surface area contributed by atoms with Gasteiger partial charge in [0, 0.05) is 0 Å². The van der Waals surface area contributed by atoms with Crippen LogP contribution in [-0.4, -0.2) is 29.4 Å². The number of hydrogen-bond donors (Lipinski definition) is 0. The summed E-state index contributed by atoms with van der Waals surface area (Å²) in [7, 11) is 2.48. The van der Waals surface area contributed by atoms with Gasteiger partial charge < -0.3 is 9.47 Å². The van der Waals surface area contributed by atoms with Crippen LogP contribution in [0.5, 0.6) is 0 Å². The van der Waals surface area contributed by atoms with Crippen LogP contribution >= 0.6 is 31.9 Å². The molecule has 0 saturated heterocycles. The van der Waals surface area contributed by atoms with Gasteiger partial charge in [0.2, 0.25) is 0 Å². The van der Waals surface area contributed by atoms with Crippen molar-refractivity contribution in [1.29, 1.82) is 0 Å². The maximum atomic E-state index is 11.0. The minimum absolute atomic E-state index is 0.129. The van der Waals surface area contributed by atoms with Gasteiger partial charge in [0.1, 0.15) is 0 Å². The van der Waals surface area contributed by atoms with Gasteiger partial charge in [0.05, 0.1) is 20.6 Å². The molecule has 0 heterocycles. The zero-order valence-corrected chi connectivity index (χ0v) is 9.77. The molecule has 0 bridgehead atoms. The molecule has 12 heavy (non-hydrogen) atoms. The van der Waals surface area contributed by atoms with Crippen LogP contribution in [0.4, 0.5) is 0 Å². The van der Waals surface area contributed by atoms with Crippen LogP contribution in [0.15, 0.2) is 0 Å². The third-order valence-electron chi connectivity index (χ3n) is 1.08. The summed E-state index contributed by atoms with van der Waals surface area (Å²) < 4.78 is 7.62. The van der Waals surface area contributed by atoms with E-state index in [1.165, 1.54) is 14.2 Å². The molecule has 0 N–H and O–H groups in total. The smallest absolute Gasteiger partial charge is 0.334 e. The predicted octanol–water partition coefficient (Wildman–Crippen LogP) is 1.21. The summed E-state index contributed by atoms with van der Waals surface area (Å²) in [6.07, 6.45) is -0.129. The molecule has 0 spiro atoms. The van der Waals surface area contributed by atoms with Crippen molar-refractivity contribution in [2.45, 2.75) is 9.65 Å². The van der Waals surface area contributed by atoms with Crippen molar-refractivity contribution >= 4 is 43.8 Å². The number of ether oxygens (including phenoxy) is 2. The molecule has 0 amide bonds. The van der Waals surface area contributed by atoms with Crippen molar-refractivity contribution in [3.63, 3.8) is 0 Å². The highest BCUT2D eigenvalue weighted by Crippen LogP contribution is 2.31. The van der Waals surface area contributed by atoms with Crippen LogP contribution in [0.1, 0.15) is 6.42 Å². The Morgan fingerprint density at radius 2 is 1.75 bits per heavy atom. The first kappa shape index (κ1) is 11.9. The highest BCUT2D eigenvalue weighted by Gasteiger charge is 2.36. The van der Waals surface area contributed by atoms with E-state index >= 15 is 0 Å². The predicted molar refractivity (Wildman–Crippen MR) is 49.2 cm³/mol. The molecule has 0 aromatic carbocycles. The van der Waals surface area contributed by atoms with Gasteiger partial charge in [-0.25, -0.2) is 4.79 Å². The first-order chi connectivity index (χ1) is 5.44. The van der Waals surface area contributed by atoms with Gasteiger partial charge >= 0.3 is 11.9 Å². The fourth-order valence-electron chi connectivity index (χ4n) is 0.475. The zero-order chi connectivity index (χ0) is 9.78.